The lowest BCUT2D eigenvalue weighted by atomic mass is 10.1. The van der Waals surface area contributed by atoms with Crippen LogP contribution in [0.4, 0.5) is 0 Å². The van der Waals surface area contributed by atoms with Crippen molar-refractivity contribution in [3.05, 3.63) is 71.8 Å². The van der Waals surface area contributed by atoms with Gasteiger partial charge in [0, 0.05) is 23.7 Å². The van der Waals surface area contributed by atoms with E-state index < -0.39 is 0 Å². The minimum atomic E-state index is 0.270. The van der Waals surface area contributed by atoms with Gasteiger partial charge in [-0.3, -0.25) is 0 Å². The summed E-state index contributed by atoms with van der Waals surface area (Å²) in [7, 11) is 3.28. The van der Waals surface area contributed by atoms with E-state index in [1.54, 1.807) is 20.3 Å². The van der Waals surface area contributed by atoms with E-state index in [1.165, 1.54) is 0 Å². The average molecular weight is 364 g/mol. The topological polar surface area (TPSA) is 63.6 Å². The van der Waals surface area contributed by atoms with Crippen LogP contribution in [0.3, 0.4) is 0 Å². The zero-order chi connectivity index (χ0) is 19.1. The Morgan fingerprint density at radius 3 is 2.59 bits per heavy atom. The van der Waals surface area contributed by atoms with E-state index in [0.29, 0.717) is 12.4 Å². The fourth-order valence-electron chi connectivity index (χ4n) is 2.93. The van der Waals surface area contributed by atoms with Gasteiger partial charge in [0.25, 0.3) is 0 Å². The Balaban J connectivity index is 1.64. The van der Waals surface area contributed by atoms with Gasteiger partial charge >= 0.3 is 0 Å². The quantitative estimate of drug-likeness (QED) is 0.595. The molecule has 0 aliphatic carbocycles. The highest BCUT2D eigenvalue weighted by Gasteiger charge is 2.07. The number of rotatable bonds is 8. The second-order valence-electron chi connectivity index (χ2n) is 6.15. The summed E-state index contributed by atoms with van der Waals surface area (Å²) in [5, 5.41) is 13.6. The molecule has 0 saturated carbocycles. The van der Waals surface area contributed by atoms with Crippen molar-refractivity contribution >= 4 is 0 Å². The molecule has 2 aromatic carbocycles. The van der Waals surface area contributed by atoms with Crippen LogP contribution in [-0.4, -0.2) is 30.9 Å². The average Bonchev–Trinajstić information content (AvgIpc) is 2.72. The fraction of sp³-hybridized carbons (Fsp3) is 0.227. The molecule has 0 radical (unpaired) electrons. The molecule has 1 heterocycles. The third-order valence-electron chi connectivity index (χ3n) is 4.39. The Bertz CT molecular complexity index is 896. The lowest BCUT2D eigenvalue weighted by Crippen LogP contribution is -2.17. The Morgan fingerprint density at radius 2 is 1.78 bits per heavy atom. The largest absolute Gasteiger partial charge is 0.508 e. The predicted molar refractivity (Wildman–Crippen MR) is 106 cm³/mol. The number of nitrogens with zero attached hydrogens (tertiary/aromatic N) is 1. The Morgan fingerprint density at radius 1 is 0.926 bits per heavy atom. The summed E-state index contributed by atoms with van der Waals surface area (Å²) in [6.07, 6.45) is 0.849. The number of ether oxygens (including phenoxy) is 2. The molecule has 0 aliphatic rings. The number of hydrogen-bond donors (Lipinski definition) is 2. The van der Waals surface area contributed by atoms with Crippen LogP contribution in [-0.2, 0) is 13.0 Å². The van der Waals surface area contributed by atoms with Crippen molar-refractivity contribution in [2.24, 2.45) is 0 Å². The highest BCUT2D eigenvalue weighted by molar-refractivity contribution is 5.62. The molecular formula is C22H24N2O3. The minimum absolute atomic E-state index is 0.270. The summed E-state index contributed by atoms with van der Waals surface area (Å²) in [4.78, 5) is 4.45. The maximum Gasteiger partial charge on any atom is 0.213 e. The van der Waals surface area contributed by atoms with Gasteiger partial charge in [-0.25, -0.2) is 4.98 Å². The van der Waals surface area contributed by atoms with Crippen LogP contribution in [0.15, 0.2) is 60.7 Å². The normalized spacial score (nSPS) is 10.6. The third-order valence-corrected chi connectivity index (χ3v) is 4.39. The van der Waals surface area contributed by atoms with Crippen molar-refractivity contribution in [1.82, 2.24) is 10.3 Å². The zero-order valence-corrected chi connectivity index (χ0v) is 15.6. The first-order valence-corrected chi connectivity index (χ1v) is 8.87. The van der Waals surface area contributed by atoms with Crippen molar-refractivity contribution in [3.8, 4) is 28.6 Å². The Kier molecular flexibility index (Phi) is 6.28. The summed E-state index contributed by atoms with van der Waals surface area (Å²) in [5.74, 6) is 1.73. The van der Waals surface area contributed by atoms with Crippen molar-refractivity contribution in [2.45, 2.75) is 13.0 Å². The molecule has 0 bridgehead atoms. The molecule has 5 heteroatoms. The fourth-order valence-corrected chi connectivity index (χ4v) is 2.93. The number of aromatic nitrogens is 1. The summed E-state index contributed by atoms with van der Waals surface area (Å²) >= 11 is 0. The number of hydrogen-bond acceptors (Lipinski definition) is 5. The van der Waals surface area contributed by atoms with Crippen molar-refractivity contribution in [1.29, 1.82) is 0 Å². The van der Waals surface area contributed by atoms with Crippen molar-refractivity contribution in [2.75, 3.05) is 20.8 Å². The summed E-state index contributed by atoms with van der Waals surface area (Å²) in [5.41, 5.74) is 3.74. The minimum Gasteiger partial charge on any atom is -0.508 e. The predicted octanol–water partition coefficient (Wildman–Crippen LogP) is 3.80. The van der Waals surface area contributed by atoms with E-state index in [4.69, 9.17) is 9.47 Å². The van der Waals surface area contributed by atoms with E-state index in [0.717, 1.165) is 41.1 Å². The maximum atomic E-state index is 10.2. The summed E-state index contributed by atoms with van der Waals surface area (Å²) in [6.45, 7) is 1.35. The van der Waals surface area contributed by atoms with E-state index in [9.17, 15) is 5.11 Å². The van der Waals surface area contributed by atoms with E-state index in [2.05, 4.69) is 16.4 Å². The van der Waals surface area contributed by atoms with Gasteiger partial charge in [-0.05, 0) is 48.9 Å². The van der Waals surface area contributed by atoms with Crippen molar-refractivity contribution in [3.63, 3.8) is 0 Å². The summed E-state index contributed by atoms with van der Waals surface area (Å²) < 4.78 is 10.6. The third kappa shape index (κ3) is 4.77. The van der Waals surface area contributed by atoms with Gasteiger partial charge in [0.05, 0.1) is 19.9 Å². The van der Waals surface area contributed by atoms with Gasteiger partial charge in [-0.15, -0.1) is 0 Å². The zero-order valence-electron chi connectivity index (χ0n) is 15.6. The molecule has 140 valence electrons. The molecule has 0 atom stereocenters. The lowest BCUT2D eigenvalue weighted by molar-refractivity contribution is 0.398. The number of benzene rings is 2. The number of phenols is 1. The standard InChI is InChI=1S/C22H24N2O3/c1-26-21-8-4-3-6-16(21)12-13-23-15-18-14-17(10-11-20(18)25)19-7-5-9-22(24-19)27-2/h3-11,14,23,25H,12-13,15H2,1-2H3. The lowest BCUT2D eigenvalue weighted by Gasteiger charge is -2.11. The van der Waals surface area contributed by atoms with Gasteiger partial charge in [-0.2, -0.15) is 0 Å². The number of aromatic hydroxyl groups is 1. The number of methoxy groups -OCH3 is 2. The van der Waals surface area contributed by atoms with Crippen LogP contribution in [0.2, 0.25) is 0 Å². The van der Waals surface area contributed by atoms with Gasteiger partial charge in [0.2, 0.25) is 5.88 Å². The first kappa shape index (κ1) is 18.7. The second-order valence-corrected chi connectivity index (χ2v) is 6.15. The maximum absolute atomic E-state index is 10.2. The van der Waals surface area contributed by atoms with Crippen LogP contribution < -0.4 is 14.8 Å². The Hall–Kier alpha value is -3.05. The van der Waals surface area contributed by atoms with Crippen LogP contribution in [0.5, 0.6) is 17.4 Å². The molecule has 5 nitrogen and oxygen atoms in total. The molecule has 0 fully saturated rings. The van der Waals surface area contributed by atoms with Gasteiger partial charge in [0.1, 0.15) is 11.5 Å². The van der Waals surface area contributed by atoms with E-state index >= 15 is 0 Å². The first-order valence-electron chi connectivity index (χ1n) is 8.87. The molecule has 0 amide bonds. The first-order chi connectivity index (χ1) is 13.2. The van der Waals surface area contributed by atoms with Gasteiger partial charge in [-0.1, -0.05) is 24.3 Å². The van der Waals surface area contributed by atoms with E-state index in [-0.39, 0.29) is 5.75 Å². The number of pyridine rings is 1. The highest BCUT2D eigenvalue weighted by atomic mass is 16.5. The second kappa shape index (κ2) is 9.05. The molecule has 0 saturated heterocycles. The monoisotopic (exact) mass is 364 g/mol. The highest BCUT2D eigenvalue weighted by Crippen LogP contribution is 2.26. The molecule has 27 heavy (non-hydrogen) atoms. The summed E-state index contributed by atoms with van der Waals surface area (Å²) in [6, 6.07) is 19.1. The molecular weight excluding hydrogens is 340 g/mol. The van der Waals surface area contributed by atoms with Gasteiger partial charge in [0.15, 0.2) is 0 Å². The van der Waals surface area contributed by atoms with Crippen molar-refractivity contribution < 1.29 is 14.6 Å². The van der Waals surface area contributed by atoms with Crippen LogP contribution >= 0.6 is 0 Å². The molecule has 2 N–H and O–H groups in total. The SMILES string of the molecule is COc1cccc(-c2ccc(O)c(CNCCc3ccccc3OC)c2)n1. The molecule has 0 spiro atoms. The van der Waals surface area contributed by atoms with Crippen LogP contribution in [0.1, 0.15) is 11.1 Å². The smallest absolute Gasteiger partial charge is 0.213 e. The molecule has 0 aliphatic heterocycles. The van der Waals surface area contributed by atoms with E-state index in [1.807, 2.05) is 48.5 Å². The number of phenolic OH excluding ortho intramolecular Hbond substituents is 1. The van der Waals surface area contributed by atoms with Crippen LogP contribution in [0, 0.1) is 0 Å². The molecule has 0 unspecified atom stereocenters. The Labute approximate surface area is 159 Å². The molecule has 1 aromatic heterocycles. The molecule has 3 rings (SSSR count). The van der Waals surface area contributed by atoms with Crippen LogP contribution in [0.25, 0.3) is 11.3 Å². The number of nitrogens with one attached hydrogen (secondary N) is 1. The van der Waals surface area contributed by atoms with Gasteiger partial charge < -0.3 is 19.9 Å². The molecule has 3 aromatic rings. The number of para-hydroxylation sites is 1.